The largest absolute Gasteiger partial charge is 0.417 e. The predicted molar refractivity (Wildman–Crippen MR) is 138 cm³/mol. The van der Waals surface area contributed by atoms with E-state index in [1.807, 2.05) is 13.8 Å². The maximum atomic E-state index is 13.5. The van der Waals surface area contributed by atoms with Gasteiger partial charge in [0.15, 0.2) is 0 Å². The summed E-state index contributed by atoms with van der Waals surface area (Å²) in [6, 6.07) is 8.07. The van der Waals surface area contributed by atoms with Crippen LogP contribution in [0.2, 0.25) is 10.0 Å². The average Bonchev–Trinajstić information content (AvgIpc) is 2.77. The molecule has 13 heteroatoms. The molecule has 204 valence electrons. The van der Waals surface area contributed by atoms with E-state index in [2.05, 4.69) is 5.32 Å². The molecule has 0 saturated carbocycles. The lowest BCUT2D eigenvalue weighted by Gasteiger charge is -2.32. The minimum absolute atomic E-state index is 0.0956. The zero-order valence-electron chi connectivity index (χ0n) is 20.6. The Morgan fingerprint density at radius 2 is 1.70 bits per heavy atom. The Bertz CT molecular complexity index is 1240. The lowest BCUT2D eigenvalue weighted by molar-refractivity contribution is -0.139. The van der Waals surface area contributed by atoms with Crippen molar-refractivity contribution < 1.29 is 31.2 Å². The smallest absolute Gasteiger partial charge is 0.354 e. The highest BCUT2D eigenvalue weighted by Gasteiger charge is 2.35. The van der Waals surface area contributed by atoms with Crippen LogP contribution in [-0.2, 0) is 32.3 Å². The Kier molecular flexibility index (Phi) is 10.3. The lowest BCUT2D eigenvalue weighted by atomic mass is 10.1. The first-order chi connectivity index (χ1) is 17.0. The van der Waals surface area contributed by atoms with Crippen molar-refractivity contribution in [3.05, 3.63) is 63.6 Å². The Balaban J connectivity index is 2.46. The van der Waals surface area contributed by atoms with Crippen molar-refractivity contribution in [2.45, 2.75) is 39.5 Å². The van der Waals surface area contributed by atoms with Gasteiger partial charge in [-0.25, -0.2) is 8.42 Å². The van der Waals surface area contributed by atoms with Crippen LogP contribution < -0.4 is 9.62 Å². The second-order valence-electron chi connectivity index (χ2n) is 8.90. The van der Waals surface area contributed by atoms with E-state index in [1.54, 1.807) is 24.3 Å². The van der Waals surface area contributed by atoms with Gasteiger partial charge in [-0.1, -0.05) is 49.2 Å². The minimum Gasteiger partial charge on any atom is -0.354 e. The highest BCUT2D eigenvalue weighted by molar-refractivity contribution is 7.92. The highest BCUT2D eigenvalue weighted by Crippen LogP contribution is 2.37. The molecular weight excluding hydrogens is 554 g/mol. The minimum atomic E-state index is -4.85. The van der Waals surface area contributed by atoms with Crippen molar-refractivity contribution in [3.8, 4) is 0 Å². The van der Waals surface area contributed by atoms with Crippen LogP contribution in [0.1, 0.15) is 31.9 Å². The molecular formula is C24H28Cl2F3N3O4S. The molecule has 2 aromatic rings. The normalized spacial score (nSPS) is 12.8. The third-order valence-electron chi connectivity index (χ3n) is 5.32. The van der Waals surface area contributed by atoms with Crippen LogP contribution in [0.3, 0.4) is 0 Å². The summed E-state index contributed by atoms with van der Waals surface area (Å²) in [4.78, 5) is 27.4. The summed E-state index contributed by atoms with van der Waals surface area (Å²) in [5.74, 6) is -1.14. The van der Waals surface area contributed by atoms with Gasteiger partial charge in [0.1, 0.15) is 12.6 Å². The monoisotopic (exact) mass is 581 g/mol. The summed E-state index contributed by atoms with van der Waals surface area (Å²) in [5.41, 5.74) is -1.07. The maximum Gasteiger partial charge on any atom is 0.417 e. The van der Waals surface area contributed by atoms with Crippen molar-refractivity contribution in [1.29, 1.82) is 0 Å². The van der Waals surface area contributed by atoms with Crippen molar-refractivity contribution in [2.75, 3.05) is 23.7 Å². The van der Waals surface area contributed by atoms with E-state index >= 15 is 0 Å². The number of amides is 2. The second kappa shape index (κ2) is 12.4. The standard InChI is InChI=1S/C24H28Cl2F3N3O4S/c1-15(2)12-30-23(34)16(3)31(13-17-6-5-7-18(25)10-17)22(33)14-32(37(4,35)36)19-8-9-21(26)20(11-19)24(27,28)29/h5-11,15-16H,12-14H2,1-4H3,(H,30,34). The van der Waals surface area contributed by atoms with E-state index in [4.69, 9.17) is 23.2 Å². The topological polar surface area (TPSA) is 86.8 Å². The lowest BCUT2D eigenvalue weighted by Crippen LogP contribution is -2.51. The number of anilines is 1. The van der Waals surface area contributed by atoms with Crippen LogP contribution >= 0.6 is 23.2 Å². The number of rotatable bonds is 10. The molecule has 0 saturated heterocycles. The molecule has 2 amide bonds. The Morgan fingerprint density at radius 1 is 1.05 bits per heavy atom. The average molecular weight is 582 g/mol. The van der Waals surface area contributed by atoms with Gasteiger partial charge in [0.25, 0.3) is 0 Å². The number of sulfonamides is 1. The molecule has 0 aliphatic rings. The van der Waals surface area contributed by atoms with Gasteiger partial charge in [0, 0.05) is 18.1 Å². The second-order valence-corrected chi connectivity index (χ2v) is 11.6. The SMILES string of the molecule is CC(C)CNC(=O)C(C)N(Cc1cccc(Cl)c1)C(=O)CN(c1ccc(Cl)c(C(F)(F)F)c1)S(C)(=O)=O. The van der Waals surface area contributed by atoms with Crippen molar-refractivity contribution in [1.82, 2.24) is 10.2 Å². The Morgan fingerprint density at radius 3 is 2.24 bits per heavy atom. The van der Waals surface area contributed by atoms with Crippen LogP contribution in [0.25, 0.3) is 0 Å². The van der Waals surface area contributed by atoms with Gasteiger partial charge in [-0.05, 0) is 48.7 Å². The van der Waals surface area contributed by atoms with Gasteiger partial charge in [0.2, 0.25) is 21.8 Å². The van der Waals surface area contributed by atoms with Gasteiger partial charge in [-0.2, -0.15) is 13.2 Å². The van der Waals surface area contributed by atoms with Crippen molar-refractivity contribution >= 4 is 50.7 Å². The summed E-state index contributed by atoms with van der Waals surface area (Å²) in [5, 5.41) is 2.50. The van der Waals surface area contributed by atoms with E-state index in [1.165, 1.54) is 6.92 Å². The molecule has 2 rings (SSSR count). The van der Waals surface area contributed by atoms with Gasteiger partial charge >= 0.3 is 6.18 Å². The number of nitrogens with one attached hydrogen (secondary N) is 1. The Labute approximate surface area is 224 Å². The molecule has 37 heavy (non-hydrogen) atoms. The fourth-order valence-electron chi connectivity index (χ4n) is 3.37. The first-order valence-electron chi connectivity index (χ1n) is 11.2. The predicted octanol–water partition coefficient (Wildman–Crippen LogP) is 4.97. The van der Waals surface area contributed by atoms with Crippen LogP contribution in [0.4, 0.5) is 18.9 Å². The number of nitrogens with zero attached hydrogens (tertiary/aromatic N) is 2. The number of hydrogen-bond donors (Lipinski definition) is 1. The molecule has 0 aliphatic carbocycles. The first kappa shape index (κ1) is 30.7. The number of carbonyl (C=O) groups excluding carboxylic acids is 2. The summed E-state index contributed by atoms with van der Waals surface area (Å²) in [7, 11) is -4.21. The molecule has 0 heterocycles. The third-order valence-corrected chi connectivity index (χ3v) is 7.02. The number of alkyl halides is 3. The summed E-state index contributed by atoms with van der Waals surface area (Å²) in [6.45, 7) is 4.67. The van der Waals surface area contributed by atoms with Crippen LogP contribution in [0.15, 0.2) is 42.5 Å². The molecule has 0 bridgehead atoms. The fourth-order valence-corrected chi connectivity index (χ4v) is 4.65. The first-order valence-corrected chi connectivity index (χ1v) is 13.8. The summed E-state index contributed by atoms with van der Waals surface area (Å²) < 4.78 is 65.9. The van der Waals surface area contributed by atoms with Gasteiger partial charge < -0.3 is 10.2 Å². The van der Waals surface area contributed by atoms with E-state index in [0.29, 0.717) is 27.5 Å². The summed E-state index contributed by atoms with van der Waals surface area (Å²) in [6.07, 6.45) is -4.08. The molecule has 0 aliphatic heterocycles. The third kappa shape index (κ3) is 8.79. The zero-order valence-corrected chi connectivity index (χ0v) is 23.0. The molecule has 7 nitrogen and oxygen atoms in total. The van der Waals surface area contributed by atoms with Crippen LogP contribution in [-0.4, -0.2) is 50.5 Å². The maximum absolute atomic E-state index is 13.5. The van der Waals surface area contributed by atoms with E-state index in [9.17, 15) is 31.2 Å². The van der Waals surface area contributed by atoms with Crippen molar-refractivity contribution in [2.24, 2.45) is 5.92 Å². The number of halogens is 5. The Hall–Kier alpha value is -2.50. The molecule has 1 N–H and O–H groups in total. The zero-order chi connectivity index (χ0) is 28.1. The van der Waals surface area contributed by atoms with Crippen LogP contribution in [0, 0.1) is 5.92 Å². The molecule has 0 radical (unpaired) electrons. The molecule has 0 fully saturated rings. The number of benzene rings is 2. The van der Waals surface area contributed by atoms with Gasteiger partial charge in [0.05, 0.1) is 22.5 Å². The molecule has 0 spiro atoms. The fraction of sp³-hybridized carbons (Fsp3) is 0.417. The van der Waals surface area contributed by atoms with Gasteiger partial charge in [-0.15, -0.1) is 0 Å². The quantitative estimate of drug-likeness (QED) is 0.429. The highest BCUT2D eigenvalue weighted by atomic mass is 35.5. The summed E-state index contributed by atoms with van der Waals surface area (Å²) >= 11 is 11.7. The van der Waals surface area contributed by atoms with Crippen molar-refractivity contribution in [3.63, 3.8) is 0 Å². The molecule has 1 unspecified atom stereocenters. The van der Waals surface area contributed by atoms with Gasteiger partial charge in [-0.3, -0.25) is 13.9 Å². The number of carbonyl (C=O) groups is 2. The van der Waals surface area contributed by atoms with E-state index in [-0.39, 0.29) is 12.5 Å². The number of hydrogen-bond acceptors (Lipinski definition) is 4. The molecule has 2 aromatic carbocycles. The molecule has 1 atom stereocenters. The molecule has 0 aromatic heterocycles. The van der Waals surface area contributed by atoms with E-state index in [0.717, 1.165) is 23.3 Å². The van der Waals surface area contributed by atoms with Crippen LogP contribution in [0.5, 0.6) is 0 Å². The van der Waals surface area contributed by atoms with E-state index < -0.39 is 56.9 Å².